The van der Waals surface area contributed by atoms with Gasteiger partial charge < -0.3 is 30.5 Å². The first-order valence-electron chi connectivity index (χ1n) is 8.38. The van der Waals surface area contributed by atoms with E-state index in [9.17, 15) is 9.59 Å². The van der Waals surface area contributed by atoms with Crippen molar-refractivity contribution in [1.82, 2.24) is 10.6 Å². The minimum atomic E-state index is -1.26. The number of aliphatic carboxylic acids is 2. The Bertz CT molecular complexity index is 675. The van der Waals surface area contributed by atoms with Crippen molar-refractivity contribution >= 4 is 29.3 Å². The van der Waals surface area contributed by atoms with Gasteiger partial charge >= 0.3 is 11.9 Å². The number of morpholine rings is 1. The van der Waals surface area contributed by atoms with Gasteiger partial charge in [0.05, 0.1) is 24.6 Å². The molecule has 0 spiro atoms. The average molecular weight is 378 g/mol. The second-order valence-corrected chi connectivity index (χ2v) is 5.56. The Balaban J connectivity index is 0.000000387. The Labute approximate surface area is 158 Å². The van der Waals surface area contributed by atoms with E-state index in [-0.39, 0.29) is 0 Å². The van der Waals surface area contributed by atoms with Crippen molar-refractivity contribution in [2.24, 2.45) is 4.99 Å². The summed E-state index contributed by atoms with van der Waals surface area (Å²) < 4.78 is 5.41. The van der Waals surface area contributed by atoms with Crippen molar-refractivity contribution in [1.29, 1.82) is 0 Å². The first kappa shape index (κ1) is 22.0. The Morgan fingerprint density at radius 2 is 1.67 bits per heavy atom. The molecule has 0 saturated carbocycles. The summed E-state index contributed by atoms with van der Waals surface area (Å²) in [6.45, 7) is 5.48. The van der Waals surface area contributed by atoms with Crippen LogP contribution in [0.15, 0.2) is 35.3 Å². The number of nitrogens with zero attached hydrogens (tertiary/aromatic N) is 2. The third-order valence-corrected chi connectivity index (χ3v) is 3.56. The molecule has 0 aromatic heterocycles. The lowest BCUT2D eigenvalue weighted by Crippen LogP contribution is -2.36. The smallest absolute Gasteiger partial charge is 0.328 e. The zero-order valence-corrected chi connectivity index (χ0v) is 15.7. The van der Waals surface area contributed by atoms with E-state index >= 15 is 0 Å². The van der Waals surface area contributed by atoms with E-state index in [4.69, 9.17) is 14.9 Å². The standard InChI is InChI=1S/C14H22N4O.C4H4O4/c1-11-4-5-13(18-6-8-19-9-7-18)12(10-11)17-14(15-2)16-3;5-3(6)1-2-4(7)8/h4-5,10H,6-9H2,1-3H3,(H2,15,16,17);1-2H,(H,5,6)(H,7,8)/b;2-1+. The molecule has 9 nitrogen and oxygen atoms in total. The monoisotopic (exact) mass is 378 g/mol. The molecule has 0 amide bonds. The lowest BCUT2D eigenvalue weighted by molar-refractivity contribution is -0.134. The predicted octanol–water partition coefficient (Wildman–Crippen LogP) is 0.970. The lowest BCUT2D eigenvalue weighted by Gasteiger charge is -2.30. The molecule has 1 aromatic carbocycles. The topological polar surface area (TPSA) is 123 Å². The highest BCUT2D eigenvalue weighted by Crippen LogP contribution is 2.30. The minimum absolute atomic E-state index is 0.558. The van der Waals surface area contributed by atoms with E-state index in [2.05, 4.69) is 45.6 Å². The van der Waals surface area contributed by atoms with Crippen LogP contribution in [0.2, 0.25) is 0 Å². The van der Waals surface area contributed by atoms with E-state index < -0.39 is 11.9 Å². The van der Waals surface area contributed by atoms with Crippen molar-refractivity contribution < 1.29 is 24.5 Å². The third-order valence-electron chi connectivity index (χ3n) is 3.56. The summed E-state index contributed by atoms with van der Waals surface area (Å²) in [7, 11) is 3.72. The molecule has 1 fully saturated rings. The highest BCUT2D eigenvalue weighted by Gasteiger charge is 2.15. The van der Waals surface area contributed by atoms with Crippen molar-refractivity contribution in [2.75, 3.05) is 45.3 Å². The fourth-order valence-corrected chi connectivity index (χ4v) is 2.29. The van der Waals surface area contributed by atoms with Crippen LogP contribution in [0.25, 0.3) is 0 Å². The van der Waals surface area contributed by atoms with Gasteiger partial charge in [0.25, 0.3) is 0 Å². The molecule has 1 aliphatic heterocycles. The molecule has 0 radical (unpaired) electrons. The predicted molar refractivity (Wildman–Crippen MR) is 104 cm³/mol. The molecule has 1 aliphatic rings. The van der Waals surface area contributed by atoms with Crippen LogP contribution in [-0.4, -0.2) is 68.5 Å². The largest absolute Gasteiger partial charge is 0.478 e. The second-order valence-electron chi connectivity index (χ2n) is 5.56. The number of aliphatic imine (C=N–C) groups is 1. The zero-order valence-electron chi connectivity index (χ0n) is 15.7. The first-order chi connectivity index (χ1) is 12.9. The van der Waals surface area contributed by atoms with Crippen LogP contribution in [0.4, 0.5) is 11.4 Å². The summed E-state index contributed by atoms with van der Waals surface area (Å²) in [5.41, 5.74) is 3.36. The molecule has 0 bridgehead atoms. The number of rotatable bonds is 4. The number of ether oxygens (including phenoxy) is 1. The fraction of sp³-hybridized carbons (Fsp3) is 0.389. The van der Waals surface area contributed by atoms with E-state index in [0.717, 1.165) is 43.6 Å². The lowest BCUT2D eigenvalue weighted by atomic mass is 10.1. The number of carbonyl (C=O) groups is 2. The highest BCUT2D eigenvalue weighted by atomic mass is 16.5. The van der Waals surface area contributed by atoms with E-state index in [1.54, 1.807) is 0 Å². The molecular weight excluding hydrogens is 352 g/mol. The number of hydrogen-bond donors (Lipinski definition) is 4. The Morgan fingerprint density at radius 1 is 1.11 bits per heavy atom. The zero-order chi connectivity index (χ0) is 20.2. The number of carboxylic acids is 2. The van der Waals surface area contributed by atoms with Gasteiger partial charge in [-0.15, -0.1) is 0 Å². The summed E-state index contributed by atoms with van der Waals surface area (Å²) >= 11 is 0. The molecule has 0 atom stereocenters. The molecule has 0 unspecified atom stereocenters. The minimum Gasteiger partial charge on any atom is -0.478 e. The van der Waals surface area contributed by atoms with Crippen molar-refractivity contribution in [2.45, 2.75) is 6.92 Å². The number of carboxylic acid groups (broad SMARTS) is 2. The van der Waals surface area contributed by atoms with Crippen LogP contribution in [0.1, 0.15) is 5.56 Å². The second kappa shape index (κ2) is 11.5. The maximum atomic E-state index is 9.55. The van der Waals surface area contributed by atoms with E-state index in [1.165, 1.54) is 5.56 Å². The van der Waals surface area contributed by atoms with Crippen LogP contribution in [0.5, 0.6) is 0 Å². The van der Waals surface area contributed by atoms with Crippen LogP contribution in [0.3, 0.4) is 0 Å². The van der Waals surface area contributed by atoms with Gasteiger partial charge in [-0.2, -0.15) is 0 Å². The number of hydrogen-bond acceptors (Lipinski definition) is 5. The van der Waals surface area contributed by atoms with E-state index in [1.807, 2.05) is 14.1 Å². The van der Waals surface area contributed by atoms with Crippen LogP contribution < -0.4 is 15.5 Å². The van der Waals surface area contributed by atoms with E-state index in [0.29, 0.717) is 12.2 Å². The van der Waals surface area contributed by atoms with Crippen molar-refractivity contribution in [3.8, 4) is 0 Å². The normalized spacial score (nSPS) is 13.4. The quantitative estimate of drug-likeness (QED) is 0.347. The number of benzene rings is 1. The summed E-state index contributed by atoms with van der Waals surface area (Å²) in [5.74, 6) is -1.75. The highest BCUT2D eigenvalue weighted by molar-refractivity contribution is 5.89. The van der Waals surface area contributed by atoms with Crippen molar-refractivity contribution in [3.05, 3.63) is 35.9 Å². The van der Waals surface area contributed by atoms with Crippen LogP contribution in [-0.2, 0) is 14.3 Å². The van der Waals surface area contributed by atoms with Gasteiger partial charge in [0.1, 0.15) is 0 Å². The van der Waals surface area contributed by atoms with Crippen LogP contribution >= 0.6 is 0 Å². The Hall–Kier alpha value is -3.07. The summed E-state index contributed by atoms with van der Waals surface area (Å²) in [6, 6.07) is 6.38. The third kappa shape index (κ3) is 8.23. The fourth-order valence-electron chi connectivity index (χ4n) is 2.29. The Morgan fingerprint density at radius 3 is 2.15 bits per heavy atom. The van der Waals surface area contributed by atoms with Gasteiger partial charge in [0.2, 0.25) is 0 Å². The van der Waals surface area contributed by atoms with Crippen LogP contribution in [0, 0.1) is 6.92 Å². The van der Waals surface area contributed by atoms with Gasteiger partial charge in [0, 0.05) is 39.3 Å². The molecule has 27 heavy (non-hydrogen) atoms. The average Bonchev–Trinajstić information content (AvgIpc) is 2.65. The number of nitrogens with one attached hydrogen (secondary N) is 2. The molecule has 1 aromatic rings. The molecule has 1 saturated heterocycles. The maximum Gasteiger partial charge on any atom is 0.328 e. The molecule has 0 aliphatic carbocycles. The van der Waals surface area contributed by atoms with Gasteiger partial charge in [0.15, 0.2) is 5.96 Å². The number of anilines is 1. The van der Waals surface area contributed by atoms with Gasteiger partial charge in [-0.25, -0.2) is 14.6 Å². The van der Waals surface area contributed by atoms with Crippen molar-refractivity contribution in [3.63, 3.8) is 0 Å². The summed E-state index contributed by atoms with van der Waals surface area (Å²) in [6.07, 6.45) is 1.12. The van der Waals surface area contributed by atoms with Gasteiger partial charge in [-0.1, -0.05) is 6.07 Å². The number of guanidine groups is 1. The molecule has 1 heterocycles. The molecule has 4 N–H and O–H groups in total. The molecule has 2 rings (SSSR count). The molecule has 9 heteroatoms. The summed E-state index contributed by atoms with van der Waals surface area (Å²) in [5, 5.41) is 21.7. The SMILES string of the molecule is CNC(=Nc1cc(C)ccc1N1CCOCC1)NC.O=C(O)/C=C/C(=O)O. The van der Waals surface area contributed by atoms with Gasteiger partial charge in [-0.05, 0) is 24.6 Å². The van der Waals surface area contributed by atoms with Gasteiger partial charge in [-0.3, -0.25) is 0 Å². The molecule has 148 valence electrons. The summed E-state index contributed by atoms with van der Waals surface area (Å²) in [4.78, 5) is 26.1. The molecular formula is C18H26N4O5. The first-order valence-corrected chi connectivity index (χ1v) is 8.38. The number of aryl methyl sites for hydroxylation is 1. The Kier molecular flexibility index (Phi) is 9.38. The maximum absolute atomic E-state index is 9.55.